The van der Waals surface area contributed by atoms with Gasteiger partial charge in [0, 0.05) is 19.1 Å². The second kappa shape index (κ2) is 6.67. The molecule has 1 heterocycles. The molecule has 2 unspecified atom stereocenters. The minimum absolute atomic E-state index is 0.256. The molecule has 1 aliphatic rings. The number of nitrogens with one attached hydrogen (secondary N) is 1. The summed E-state index contributed by atoms with van der Waals surface area (Å²) in [6.07, 6.45) is 1.77. The second-order valence-electron chi connectivity index (χ2n) is 5.45. The van der Waals surface area contributed by atoms with E-state index in [1.807, 2.05) is 13.8 Å². The number of nitrogens with zero attached hydrogens (tertiary/aromatic N) is 1. The number of carboxylic acids is 1. The quantitative estimate of drug-likeness (QED) is 0.744. The molecule has 0 radical (unpaired) electrons. The van der Waals surface area contributed by atoms with Crippen LogP contribution in [0.2, 0.25) is 0 Å². The van der Waals surface area contributed by atoms with Crippen LogP contribution in [-0.4, -0.2) is 54.7 Å². The van der Waals surface area contributed by atoms with E-state index in [-0.39, 0.29) is 5.92 Å². The zero-order valence-corrected chi connectivity index (χ0v) is 12.6. The van der Waals surface area contributed by atoms with Crippen molar-refractivity contribution in [2.45, 2.75) is 44.9 Å². The second-order valence-corrected chi connectivity index (χ2v) is 7.71. The smallest absolute Gasteiger partial charge is 0.323 e. The SMILES string of the molecule is CC(C)NCC1CCCN(S(=O)(=O)C(C)C(=O)O)C1. The van der Waals surface area contributed by atoms with Gasteiger partial charge in [0.1, 0.15) is 0 Å². The summed E-state index contributed by atoms with van der Waals surface area (Å²) in [5.74, 6) is -1.03. The van der Waals surface area contributed by atoms with Crippen LogP contribution in [0.25, 0.3) is 0 Å². The Hall–Kier alpha value is -0.660. The summed E-state index contributed by atoms with van der Waals surface area (Å²) in [5, 5.41) is 10.8. The predicted molar refractivity (Wildman–Crippen MR) is 73.5 cm³/mol. The maximum absolute atomic E-state index is 12.1. The van der Waals surface area contributed by atoms with E-state index in [1.165, 1.54) is 11.2 Å². The molecule has 19 heavy (non-hydrogen) atoms. The van der Waals surface area contributed by atoms with Crippen molar-refractivity contribution >= 4 is 16.0 Å². The first-order chi connectivity index (χ1) is 8.75. The zero-order valence-electron chi connectivity index (χ0n) is 11.8. The van der Waals surface area contributed by atoms with Gasteiger partial charge in [-0.25, -0.2) is 12.7 Å². The van der Waals surface area contributed by atoms with Crippen LogP contribution in [0.3, 0.4) is 0 Å². The van der Waals surface area contributed by atoms with Crippen LogP contribution in [0.4, 0.5) is 0 Å². The van der Waals surface area contributed by atoms with E-state index in [1.54, 1.807) is 0 Å². The molecule has 0 saturated carbocycles. The van der Waals surface area contributed by atoms with Crippen molar-refractivity contribution in [3.8, 4) is 0 Å². The van der Waals surface area contributed by atoms with Gasteiger partial charge < -0.3 is 10.4 Å². The van der Waals surface area contributed by atoms with Gasteiger partial charge in [-0.2, -0.15) is 0 Å². The third-order valence-electron chi connectivity index (χ3n) is 3.45. The van der Waals surface area contributed by atoms with Gasteiger partial charge >= 0.3 is 5.97 Å². The molecule has 6 nitrogen and oxygen atoms in total. The molecule has 0 bridgehead atoms. The highest BCUT2D eigenvalue weighted by atomic mass is 32.2. The van der Waals surface area contributed by atoms with E-state index in [0.717, 1.165) is 19.4 Å². The molecule has 2 atom stereocenters. The third-order valence-corrected chi connectivity index (χ3v) is 5.60. The summed E-state index contributed by atoms with van der Waals surface area (Å²) in [5.41, 5.74) is 0. The maximum Gasteiger partial charge on any atom is 0.323 e. The highest BCUT2D eigenvalue weighted by Gasteiger charge is 2.36. The highest BCUT2D eigenvalue weighted by Crippen LogP contribution is 2.21. The number of carbonyl (C=O) groups is 1. The van der Waals surface area contributed by atoms with Gasteiger partial charge in [-0.15, -0.1) is 0 Å². The Bertz CT molecular complexity index is 408. The average molecular weight is 292 g/mol. The summed E-state index contributed by atoms with van der Waals surface area (Å²) in [7, 11) is -3.73. The predicted octanol–water partition coefficient (Wildman–Crippen LogP) is 0.499. The lowest BCUT2D eigenvalue weighted by Crippen LogP contribution is -2.48. The Morgan fingerprint density at radius 2 is 2.05 bits per heavy atom. The lowest BCUT2D eigenvalue weighted by Gasteiger charge is -2.33. The van der Waals surface area contributed by atoms with Crippen LogP contribution in [-0.2, 0) is 14.8 Å². The molecule has 0 aromatic heterocycles. The Balaban J connectivity index is 2.66. The first kappa shape index (κ1) is 16.4. The summed E-state index contributed by atoms with van der Waals surface area (Å²) in [4.78, 5) is 10.9. The van der Waals surface area contributed by atoms with E-state index >= 15 is 0 Å². The molecule has 7 heteroatoms. The van der Waals surface area contributed by atoms with Crippen LogP contribution in [0, 0.1) is 5.92 Å². The van der Waals surface area contributed by atoms with Crippen molar-refractivity contribution in [2.24, 2.45) is 5.92 Å². The molecule has 1 aliphatic heterocycles. The number of piperidine rings is 1. The highest BCUT2D eigenvalue weighted by molar-refractivity contribution is 7.90. The fourth-order valence-corrected chi connectivity index (χ4v) is 3.68. The summed E-state index contributed by atoms with van der Waals surface area (Å²) in [6, 6.07) is 0.366. The van der Waals surface area contributed by atoms with E-state index in [0.29, 0.717) is 19.1 Å². The number of aliphatic carboxylic acids is 1. The summed E-state index contributed by atoms with van der Waals surface area (Å²) in [6.45, 7) is 6.93. The van der Waals surface area contributed by atoms with E-state index in [4.69, 9.17) is 5.11 Å². The number of hydrogen-bond donors (Lipinski definition) is 2. The zero-order chi connectivity index (χ0) is 14.6. The largest absolute Gasteiger partial charge is 0.480 e. The van der Waals surface area contributed by atoms with Gasteiger partial charge in [0.05, 0.1) is 0 Å². The van der Waals surface area contributed by atoms with Crippen LogP contribution < -0.4 is 5.32 Å². The van der Waals surface area contributed by atoms with Crippen LogP contribution >= 0.6 is 0 Å². The first-order valence-electron chi connectivity index (χ1n) is 6.70. The standard InChI is InChI=1S/C12H24N2O4S/c1-9(2)13-7-11-5-4-6-14(8-11)19(17,18)10(3)12(15)16/h9-11,13H,4-8H2,1-3H3,(H,15,16). The average Bonchev–Trinajstić information content (AvgIpc) is 2.35. The van der Waals surface area contributed by atoms with Crippen molar-refractivity contribution in [1.29, 1.82) is 0 Å². The van der Waals surface area contributed by atoms with Crippen molar-refractivity contribution in [2.75, 3.05) is 19.6 Å². The molecule has 0 aliphatic carbocycles. The fraction of sp³-hybridized carbons (Fsp3) is 0.917. The van der Waals surface area contributed by atoms with Crippen molar-refractivity contribution in [3.63, 3.8) is 0 Å². The van der Waals surface area contributed by atoms with E-state index in [2.05, 4.69) is 5.32 Å². The minimum Gasteiger partial charge on any atom is -0.480 e. The van der Waals surface area contributed by atoms with Gasteiger partial charge in [0.25, 0.3) is 0 Å². The molecular formula is C12H24N2O4S. The van der Waals surface area contributed by atoms with Crippen LogP contribution in [0.1, 0.15) is 33.6 Å². The normalized spacial score (nSPS) is 23.5. The summed E-state index contributed by atoms with van der Waals surface area (Å²) < 4.78 is 25.6. The number of carboxylic acid groups (broad SMARTS) is 1. The lowest BCUT2D eigenvalue weighted by molar-refractivity contribution is -0.136. The Morgan fingerprint density at radius 1 is 1.42 bits per heavy atom. The number of sulfonamides is 1. The molecule has 0 aromatic rings. The van der Waals surface area contributed by atoms with E-state index < -0.39 is 21.2 Å². The molecular weight excluding hydrogens is 268 g/mol. The lowest BCUT2D eigenvalue weighted by atomic mass is 9.99. The third kappa shape index (κ3) is 4.43. The number of rotatable bonds is 6. The van der Waals surface area contributed by atoms with Gasteiger partial charge in [-0.1, -0.05) is 13.8 Å². The monoisotopic (exact) mass is 292 g/mol. The van der Waals surface area contributed by atoms with Crippen molar-refractivity contribution in [1.82, 2.24) is 9.62 Å². The Labute approximate surface area is 115 Å². The molecule has 1 fully saturated rings. The van der Waals surface area contributed by atoms with Gasteiger partial charge in [-0.05, 0) is 32.2 Å². The van der Waals surface area contributed by atoms with Gasteiger partial charge in [0.15, 0.2) is 5.25 Å². The molecule has 1 rings (SSSR count). The van der Waals surface area contributed by atoms with Gasteiger partial charge in [0.2, 0.25) is 10.0 Å². The molecule has 1 saturated heterocycles. The first-order valence-corrected chi connectivity index (χ1v) is 8.20. The van der Waals surface area contributed by atoms with Crippen LogP contribution in [0.5, 0.6) is 0 Å². The Morgan fingerprint density at radius 3 is 2.58 bits per heavy atom. The van der Waals surface area contributed by atoms with Crippen molar-refractivity contribution in [3.05, 3.63) is 0 Å². The van der Waals surface area contributed by atoms with Gasteiger partial charge in [-0.3, -0.25) is 4.79 Å². The van der Waals surface area contributed by atoms with Crippen LogP contribution in [0.15, 0.2) is 0 Å². The molecule has 112 valence electrons. The topological polar surface area (TPSA) is 86.7 Å². The molecule has 2 N–H and O–H groups in total. The van der Waals surface area contributed by atoms with E-state index in [9.17, 15) is 13.2 Å². The summed E-state index contributed by atoms with van der Waals surface area (Å²) >= 11 is 0. The minimum atomic E-state index is -3.73. The van der Waals surface area contributed by atoms with Crippen molar-refractivity contribution < 1.29 is 18.3 Å². The molecule has 0 aromatic carbocycles. The number of hydrogen-bond acceptors (Lipinski definition) is 4. The fourth-order valence-electron chi connectivity index (χ4n) is 2.18. The maximum atomic E-state index is 12.1. The Kier molecular flexibility index (Phi) is 5.76. The molecule has 0 amide bonds. The molecule has 0 spiro atoms.